The summed E-state index contributed by atoms with van der Waals surface area (Å²) in [6, 6.07) is 9.68. The Labute approximate surface area is 121 Å². The molecule has 2 aromatic carbocycles. The van der Waals surface area contributed by atoms with Gasteiger partial charge in [-0.05, 0) is 30.3 Å². The van der Waals surface area contributed by atoms with Crippen molar-refractivity contribution in [3.05, 3.63) is 53.3 Å². The van der Waals surface area contributed by atoms with E-state index in [9.17, 15) is 12.8 Å². The third-order valence-corrected chi connectivity index (χ3v) is 5.12. The van der Waals surface area contributed by atoms with Crippen molar-refractivity contribution in [2.75, 3.05) is 17.1 Å². The molecule has 0 saturated heterocycles. The van der Waals surface area contributed by atoms with E-state index in [2.05, 4.69) is 0 Å². The fraction of sp³-hybridized carbons (Fsp3) is 0.0769. The number of hydrogen-bond donors (Lipinski definition) is 1. The Hall–Kier alpha value is -1.79. The van der Waals surface area contributed by atoms with Crippen molar-refractivity contribution in [1.82, 2.24) is 0 Å². The molecule has 0 amide bonds. The smallest absolute Gasteiger partial charge is 0.267 e. The minimum atomic E-state index is -3.96. The Morgan fingerprint density at radius 3 is 2.45 bits per heavy atom. The molecule has 4 nitrogen and oxygen atoms in total. The minimum absolute atomic E-state index is 0.0215. The average molecular weight is 315 g/mol. The third-order valence-electron chi connectivity index (χ3n) is 2.79. The van der Waals surface area contributed by atoms with Gasteiger partial charge in [0.05, 0.1) is 16.4 Å². The highest BCUT2D eigenvalue weighted by atomic mass is 35.5. The maximum atomic E-state index is 13.2. The monoisotopic (exact) mass is 314 g/mol. The number of halogens is 2. The van der Waals surface area contributed by atoms with Gasteiger partial charge in [0.15, 0.2) is 0 Å². The molecule has 0 aliphatic heterocycles. The maximum absolute atomic E-state index is 13.2. The van der Waals surface area contributed by atoms with Gasteiger partial charge < -0.3 is 5.73 Å². The van der Waals surface area contributed by atoms with Crippen LogP contribution in [0.1, 0.15) is 0 Å². The van der Waals surface area contributed by atoms with E-state index in [4.69, 9.17) is 17.3 Å². The number of hydrogen-bond acceptors (Lipinski definition) is 3. The molecule has 0 aliphatic carbocycles. The Morgan fingerprint density at radius 2 is 1.85 bits per heavy atom. The molecule has 0 aromatic heterocycles. The van der Waals surface area contributed by atoms with Crippen molar-refractivity contribution in [3.8, 4) is 0 Å². The molecule has 2 aromatic rings. The zero-order valence-corrected chi connectivity index (χ0v) is 12.1. The summed E-state index contributed by atoms with van der Waals surface area (Å²) in [7, 11) is -2.65. The minimum Gasteiger partial charge on any atom is -0.398 e. The standard InChI is InChI=1S/C13H12ClFN2O2S/c1-17(10-5-2-4-9(15)8-10)20(18,19)13-11(14)6-3-7-12(13)16/h2-8H,16H2,1H3. The Morgan fingerprint density at radius 1 is 1.20 bits per heavy atom. The quantitative estimate of drug-likeness (QED) is 0.886. The number of nitrogen functional groups attached to an aromatic ring is 1. The first-order valence-electron chi connectivity index (χ1n) is 5.62. The number of rotatable bonds is 3. The van der Waals surface area contributed by atoms with Gasteiger partial charge >= 0.3 is 0 Å². The lowest BCUT2D eigenvalue weighted by Crippen LogP contribution is -2.27. The van der Waals surface area contributed by atoms with E-state index < -0.39 is 15.8 Å². The summed E-state index contributed by atoms with van der Waals surface area (Å²) in [6.45, 7) is 0. The zero-order chi connectivity index (χ0) is 14.9. The second-order valence-corrected chi connectivity index (χ2v) is 6.42. The Kier molecular flexibility index (Phi) is 3.87. The van der Waals surface area contributed by atoms with Crippen LogP contribution in [0.4, 0.5) is 15.8 Å². The van der Waals surface area contributed by atoms with Crippen molar-refractivity contribution in [2.45, 2.75) is 4.90 Å². The van der Waals surface area contributed by atoms with Crippen LogP contribution >= 0.6 is 11.6 Å². The van der Waals surface area contributed by atoms with Crippen LogP contribution in [0, 0.1) is 5.82 Å². The molecular formula is C13H12ClFN2O2S. The molecule has 2 N–H and O–H groups in total. The Bertz CT molecular complexity index is 730. The highest BCUT2D eigenvalue weighted by molar-refractivity contribution is 7.93. The maximum Gasteiger partial charge on any atom is 0.267 e. The lowest BCUT2D eigenvalue weighted by molar-refractivity contribution is 0.594. The molecular weight excluding hydrogens is 303 g/mol. The van der Waals surface area contributed by atoms with E-state index in [0.29, 0.717) is 0 Å². The summed E-state index contributed by atoms with van der Waals surface area (Å²) < 4.78 is 39.2. The molecule has 7 heteroatoms. The second kappa shape index (κ2) is 5.30. The second-order valence-electron chi connectivity index (χ2n) is 4.11. The summed E-state index contributed by atoms with van der Waals surface area (Å²) in [6.07, 6.45) is 0. The first-order valence-corrected chi connectivity index (χ1v) is 7.44. The number of nitrogens with two attached hydrogens (primary N) is 1. The van der Waals surface area contributed by atoms with Crippen molar-refractivity contribution in [3.63, 3.8) is 0 Å². The van der Waals surface area contributed by atoms with Gasteiger partial charge in [0.1, 0.15) is 10.7 Å². The van der Waals surface area contributed by atoms with E-state index >= 15 is 0 Å². The molecule has 0 bridgehead atoms. The molecule has 0 heterocycles. The number of anilines is 2. The zero-order valence-electron chi connectivity index (χ0n) is 10.5. The number of sulfonamides is 1. The summed E-state index contributed by atoms with van der Waals surface area (Å²) in [5, 5.41) is 0.0215. The van der Waals surface area contributed by atoms with Gasteiger partial charge in [0.25, 0.3) is 10.0 Å². The van der Waals surface area contributed by atoms with Gasteiger partial charge in [-0.2, -0.15) is 0 Å². The van der Waals surface area contributed by atoms with E-state index in [1.54, 1.807) is 6.07 Å². The largest absolute Gasteiger partial charge is 0.398 e. The summed E-state index contributed by atoms with van der Waals surface area (Å²) in [4.78, 5) is -0.187. The number of benzene rings is 2. The molecule has 0 radical (unpaired) electrons. The average Bonchev–Trinajstić information content (AvgIpc) is 2.37. The first kappa shape index (κ1) is 14.6. The highest BCUT2D eigenvalue weighted by Crippen LogP contribution is 2.31. The molecule has 0 spiro atoms. The molecule has 106 valence electrons. The molecule has 0 unspecified atom stereocenters. The van der Waals surface area contributed by atoms with E-state index in [-0.39, 0.29) is 21.3 Å². The molecule has 0 saturated carbocycles. The normalized spacial score (nSPS) is 11.3. The first-order chi connectivity index (χ1) is 9.34. The lowest BCUT2D eigenvalue weighted by Gasteiger charge is -2.21. The van der Waals surface area contributed by atoms with Crippen LogP contribution in [0.5, 0.6) is 0 Å². The lowest BCUT2D eigenvalue weighted by atomic mass is 10.3. The summed E-state index contributed by atoms with van der Waals surface area (Å²) in [5.41, 5.74) is 5.92. The van der Waals surface area contributed by atoms with Crippen LogP contribution in [0.3, 0.4) is 0 Å². The highest BCUT2D eigenvalue weighted by Gasteiger charge is 2.26. The van der Waals surface area contributed by atoms with Crippen LogP contribution < -0.4 is 10.0 Å². The van der Waals surface area contributed by atoms with Crippen LogP contribution in [0.25, 0.3) is 0 Å². The molecule has 0 fully saturated rings. The van der Waals surface area contributed by atoms with Gasteiger partial charge in [-0.3, -0.25) is 4.31 Å². The predicted molar refractivity (Wildman–Crippen MR) is 77.9 cm³/mol. The van der Waals surface area contributed by atoms with E-state index in [0.717, 1.165) is 10.4 Å². The molecule has 0 aliphatic rings. The summed E-state index contributed by atoms with van der Waals surface area (Å²) in [5.74, 6) is -0.531. The fourth-order valence-electron chi connectivity index (χ4n) is 1.75. The van der Waals surface area contributed by atoms with Crippen molar-refractivity contribution in [2.24, 2.45) is 0 Å². The van der Waals surface area contributed by atoms with E-state index in [1.807, 2.05) is 0 Å². The van der Waals surface area contributed by atoms with Crippen molar-refractivity contribution < 1.29 is 12.8 Å². The molecule has 20 heavy (non-hydrogen) atoms. The molecule has 0 atom stereocenters. The van der Waals surface area contributed by atoms with Crippen LogP contribution in [0.15, 0.2) is 47.4 Å². The predicted octanol–water partition coefficient (Wildman–Crippen LogP) is 2.89. The van der Waals surface area contributed by atoms with Gasteiger partial charge in [-0.1, -0.05) is 23.7 Å². The van der Waals surface area contributed by atoms with E-state index in [1.165, 1.54) is 37.4 Å². The summed E-state index contributed by atoms with van der Waals surface area (Å²) >= 11 is 5.92. The SMILES string of the molecule is CN(c1cccc(F)c1)S(=O)(=O)c1c(N)cccc1Cl. The topological polar surface area (TPSA) is 63.4 Å². The van der Waals surface area contributed by atoms with Gasteiger partial charge in [0, 0.05) is 7.05 Å². The number of nitrogens with zero attached hydrogens (tertiary/aromatic N) is 1. The molecule has 2 rings (SSSR count). The van der Waals surface area contributed by atoms with Crippen LogP contribution in [-0.2, 0) is 10.0 Å². The fourth-order valence-corrected chi connectivity index (χ4v) is 3.57. The van der Waals surface area contributed by atoms with Crippen molar-refractivity contribution >= 4 is 33.0 Å². The van der Waals surface area contributed by atoms with Crippen LogP contribution in [0.2, 0.25) is 5.02 Å². The van der Waals surface area contributed by atoms with Crippen molar-refractivity contribution in [1.29, 1.82) is 0 Å². The van der Waals surface area contributed by atoms with Gasteiger partial charge in [0.2, 0.25) is 0 Å². The Balaban J connectivity index is 2.56. The van der Waals surface area contributed by atoms with Gasteiger partial charge in [-0.15, -0.1) is 0 Å². The third kappa shape index (κ3) is 2.57. The van der Waals surface area contributed by atoms with Gasteiger partial charge in [-0.25, -0.2) is 12.8 Å². The van der Waals surface area contributed by atoms with Crippen LogP contribution in [-0.4, -0.2) is 15.5 Å².